The van der Waals surface area contributed by atoms with E-state index < -0.39 is 5.97 Å². The van der Waals surface area contributed by atoms with Gasteiger partial charge in [0.2, 0.25) is 0 Å². The average molecular weight is 278 g/mol. The maximum absolute atomic E-state index is 11.6. The summed E-state index contributed by atoms with van der Waals surface area (Å²) >= 11 is 0. The molecular weight excluding hydrogens is 252 g/mol. The molecule has 0 N–H and O–H groups in total. The van der Waals surface area contributed by atoms with Crippen molar-refractivity contribution >= 4 is 5.97 Å². The molecule has 0 rings (SSSR count). The third kappa shape index (κ3) is 10.2. The van der Waals surface area contributed by atoms with Crippen molar-refractivity contribution in [2.24, 2.45) is 0 Å². The molecule has 0 aromatic carbocycles. The highest BCUT2D eigenvalue weighted by atomic mass is 16.5. The van der Waals surface area contributed by atoms with Crippen LogP contribution >= 0.6 is 0 Å². The van der Waals surface area contributed by atoms with Crippen molar-refractivity contribution in [2.45, 2.75) is 45.4 Å². The fourth-order valence-corrected chi connectivity index (χ4v) is 1.59. The van der Waals surface area contributed by atoms with Crippen LogP contribution in [0.1, 0.15) is 45.4 Å². The molecule has 0 fully saturated rings. The second kappa shape index (κ2) is 12.3. The first-order valence-corrected chi connectivity index (χ1v) is 7.24. The van der Waals surface area contributed by atoms with Gasteiger partial charge in [0.25, 0.3) is 0 Å². The molecule has 0 amide bonds. The van der Waals surface area contributed by atoms with Crippen LogP contribution in [-0.2, 0) is 9.53 Å². The standard InChI is InChI=1S/C16H26N2O2/c1-4-5-6-7-8-9-13-20-16(19)15(14-17)11-10-12-18(2)3/h10-12H,4-9,13H2,1-3H3/b12-10+,15-11-. The van der Waals surface area contributed by atoms with Crippen molar-refractivity contribution in [3.05, 3.63) is 23.9 Å². The number of hydrogen-bond acceptors (Lipinski definition) is 4. The van der Waals surface area contributed by atoms with Gasteiger partial charge in [-0.05, 0) is 24.8 Å². The van der Waals surface area contributed by atoms with E-state index >= 15 is 0 Å². The van der Waals surface area contributed by atoms with Crippen LogP contribution in [0.25, 0.3) is 0 Å². The Kier molecular flexibility index (Phi) is 11.2. The topological polar surface area (TPSA) is 53.3 Å². The van der Waals surface area contributed by atoms with Crippen LogP contribution in [0.2, 0.25) is 0 Å². The summed E-state index contributed by atoms with van der Waals surface area (Å²) in [5.41, 5.74) is 0.0362. The number of unbranched alkanes of at least 4 members (excludes halogenated alkanes) is 5. The van der Waals surface area contributed by atoms with E-state index in [2.05, 4.69) is 6.92 Å². The number of carbonyl (C=O) groups is 1. The van der Waals surface area contributed by atoms with Gasteiger partial charge in [0, 0.05) is 14.1 Å². The van der Waals surface area contributed by atoms with Crippen LogP contribution in [-0.4, -0.2) is 31.6 Å². The number of esters is 1. The van der Waals surface area contributed by atoms with E-state index in [-0.39, 0.29) is 5.57 Å². The lowest BCUT2D eigenvalue weighted by Crippen LogP contribution is -2.08. The third-order valence-corrected chi connectivity index (χ3v) is 2.72. The van der Waals surface area contributed by atoms with Gasteiger partial charge in [0.1, 0.15) is 11.6 Å². The van der Waals surface area contributed by atoms with Crippen molar-refractivity contribution < 1.29 is 9.53 Å². The van der Waals surface area contributed by atoms with Crippen LogP contribution in [0.5, 0.6) is 0 Å². The monoisotopic (exact) mass is 278 g/mol. The molecule has 0 heterocycles. The number of rotatable bonds is 10. The molecule has 0 aliphatic rings. The molecule has 4 nitrogen and oxygen atoms in total. The normalized spacial score (nSPS) is 11.4. The molecule has 0 bridgehead atoms. The van der Waals surface area contributed by atoms with Gasteiger partial charge >= 0.3 is 5.97 Å². The lowest BCUT2D eigenvalue weighted by molar-refractivity contribution is -0.138. The first kappa shape index (κ1) is 18.2. The summed E-state index contributed by atoms with van der Waals surface area (Å²) in [6.45, 7) is 2.57. The zero-order valence-electron chi connectivity index (χ0n) is 12.9. The van der Waals surface area contributed by atoms with Gasteiger partial charge in [0.15, 0.2) is 0 Å². The van der Waals surface area contributed by atoms with E-state index in [0.29, 0.717) is 6.61 Å². The molecule has 0 aromatic rings. The molecule has 0 aliphatic carbocycles. The van der Waals surface area contributed by atoms with Crippen molar-refractivity contribution in [3.8, 4) is 6.07 Å². The molecular formula is C16H26N2O2. The largest absolute Gasteiger partial charge is 0.462 e. The molecule has 0 aliphatic heterocycles. The highest BCUT2D eigenvalue weighted by Crippen LogP contribution is 2.06. The molecule has 20 heavy (non-hydrogen) atoms. The SMILES string of the molecule is CCCCCCCCOC(=O)/C(C#N)=C\C=C\N(C)C. The summed E-state index contributed by atoms with van der Waals surface area (Å²) in [4.78, 5) is 13.5. The Morgan fingerprint density at radius 1 is 1.20 bits per heavy atom. The summed E-state index contributed by atoms with van der Waals surface area (Å²) in [5.74, 6) is -0.538. The Morgan fingerprint density at radius 2 is 1.85 bits per heavy atom. The van der Waals surface area contributed by atoms with Crippen molar-refractivity contribution in [2.75, 3.05) is 20.7 Å². The minimum Gasteiger partial charge on any atom is -0.462 e. The van der Waals surface area contributed by atoms with Crippen LogP contribution in [0, 0.1) is 11.3 Å². The van der Waals surface area contributed by atoms with Gasteiger partial charge in [-0.2, -0.15) is 5.26 Å². The molecule has 0 radical (unpaired) electrons. The maximum atomic E-state index is 11.6. The van der Waals surface area contributed by atoms with Gasteiger partial charge < -0.3 is 9.64 Å². The molecule has 0 aromatic heterocycles. The summed E-state index contributed by atoms with van der Waals surface area (Å²) < 4.78 is 5.08. The second-order valence-electron chi connectivity index (χ2n) is 4.90. The van der Waals surface area contributed by atoms with Crippen molar-refractivity contribution in [1.82, 2.24) is 4.90 Å². The lowest BCUT2D eigenvalue weighted by Gasteiger charge is -2.04. The molecule has 4 heteroatoms. The van der Waals surface area contributed by atoms with Gasteiger partial charge in [-0.25, -0.2) is 4.79 Å². The fourth-order valence-electron chi connectivity index (χ4n) is 1.59. The first-order valence-electron chi connectivity index (χ1n) is 7.24. The van der Waals surface area contributed by atoms with Crippen LogP contribution < -0.4 is 0 Å². The number of allylic oxidation sites excluding steroid dienone is 2. The smallest absolute Gasteiger partial charge is 0.348 e. The number of ether oxygens (including phenoxy) is 1. The quantitative estimate of drug-likeness (QED) is 0.202. The summed E-state index contributed by atoms with van der Waals surface area (Å²) in [6, 6.07) is 1.86. The minimum absolute atomic E-state index is 0.0362. The van der Waals surface area contributed by atoms with Gasteiger partial charge in [-0.15, -0.1) is 0 Å². The highest BCUT2D eigenvalue weighted by Gasteiger charge is 2.08. The first-order chi connectivity index (χ1) is 9.61. The lowest BCUT2D eigenvalue weighted by atomic mass is 10.1. The number of nitrogens with zero attached hydrogens (tertiary/aromatic N) is 2. The summed E-state index contributed by atoms with van der Waals surface area (Å²) in [5, 5.41) is 8.89. The van der Waals surface area contributed by atoms with E-state index in [1.54, 1.807) is 12.3 Å². The van der Waals surface area contributed by atoms with Gasteiger partial charge in [-0.3, -0.25) is 0 Å². The average Bonchev–Trinajstić information content (AvgIpc) is 2.42. The number of hydrogen-bond donors (Lipinski definition) is 0. The molecule has 0 saturated carbocycles. The maximum Gasteiger partial charge on any atom is 0.348 e. The Bertz CT molecular complexity index is 365. The second-order valence-corrected chi connectivity index (χ2v) is 4.90. The summed E-state index contributed by atoms with van der Waals surface area (Å²) in [6.07, 6.45) is 11.7. The van der Waals surface area contributed by atoms with E-state index in [0.717, 1.165) is 12.8 Å². The molecule has 0 saturated heterocycles. The Labute approximate surface area is 122 Å². The zero-order valence-corrected chi connectivity index (χ0v) is 12.9. The predicted octanol–water partition coefficient (Wildman–Crippen LogP) is 3.42. The minimum atomic E-state index is -0.538. The fraction of sp³-hybridized carbons (Fsp3) is 0.625. The number of carbonyl (C=O) groups excluding carboxylic acids is 1. The Hall–Kier alpha value is -1.76. The number of nitriles is 1. The van der Waals surface area contributed by atoms with E-state index in [1.807, 2.05) is 25.1 Å². The van der Waals surface area contributed by atoms with E-state index in [4.69, 9.17) is 10.00 Å². The van der Waals surface area contributed by atoms with Crippen LogP contribution in [0.15, 0.2) is 23.9 Å². The molecule has 0 atom stereocenters. The Morgan fingerprint density at radius 3 is 2.45 bits per heavy atom. The van der Waals surface area contributed by atoms with Gasteiger partial charge in [0.05, 0.1) is 6.61 Å². The van der Waals surface area contributed by atoms with Crippen LogP contribution in [0.3, 0.4) is 0 Å². The molecule has 0 spiro atoms. The van der Waals surface area contributed by atoms with Gasteiger partial charge in [-0.1, -0.05) is 39.0 Å². The van der Waals surface area contributed by atoms with Crippen molar-refractivity contribution in [3.63, 3.8) is 0 Å². The summed E-state index contributed by atoms with van der Waals surface area (Å²) in [7, 11) is 3.74. The third-order valence-electron chi connectivity index (χ3n) is 2.72. The van der Waals surface area contributed by atoms with E-state index in [9.17, 15) is 4.79 Å². The van der Waals surface area contributed by atoms with Crippen LogP contribution in [0.4, 0.5) is 0 Å². The Balaban J connectivity index is 3.91. The zero-order chi connectivity index (χ0) is 15.2. The molecule has 112 valence electrons. The van der Waals surface area contributed by atoms with Crippen molar-refractivity contribution in [1.29, 1.82) is 5.26 Å². The highest BCUT2D eigenvalue weighted by molar-refractivity contribution is 5.93. The van der Waals surface area contributed by atoms with E-state index in [1.165, 1.54) is 31.8 Å². The predicted molar refractivity (Wildman–Crippen MR) is 80.9 cm³/mol. The molecule has 0 unspecified atom stereocenters.